The number of rotatable bonds is 3. The number of benzene rings is 1. The smallest absolute Gasteiger partial charge is 0.340 e. The third-order valence-electron chi connectivity index (χ3n) is 2.35. The molecule has 0 spiro atoms. The number of pyridine rings is 1. The minimum absolute atomic E-state index is 0.104. The molecule has 0 aliphatic carbocycles. The first-order valence-electron chi connectivity index (χ1n) is 5.29. The maximum atomic E-state index is 13.3. The summed E-state index contributed by atoms with van der Waals surface area (Å²) in [6, 6.07) is 7.40. The highest BCUT2D eigenvalue weighted by molar-refractivity contribution is 6.41. The first-order chi connectivity index (χ1) is 9.08. The predicted octanol–water partition coefficient (Wildman–Crippen LogP) is 3.88. The topological polar surface area (TPSA) is 39.2 Å². The van der Waals surface area contributed by atoms with Gasteiger partial charge in [-0.1, -0.05) is 41.4 Å². The third kappa shape index (κ3) is 3.43. The van der Waals surface area contributed by atoms with Crippen LogP contribution in [0.15, 0.2) is 36.5 Å². The number of hydrogen-bond acceptors (Lipinski definition) is 3. The van der Waals surface area contributed by atoms with Gasteiger partial charge in [0, 0.05) is 11.8 Å². The standard InChI is InChI=1S/C13H8Cl2FNO2/c14-10-5-9(6-17-12(10)15)13(18)19-7-8-3-1-2-4-11(8)16/h1-6H,7H2. The predicted molar refractivity (Wildman–Crippen MR) is 69.8 cm³/mol. The molecular weight excluding hydrogens is 292 g/mol. The van der Waals surface area contributed by atoms with Crippen molar-refractivity contribution in [1.29, 1.82) is 0 Å². The van der Waals surface area contributed by atoms with E-state index in [4.69, 9.17) is 27.9 Å². The number of nitrogens with zero attached hydrogens (tertiary/aromatic N) is 1. The van der Waals surface area contributed by atoms with Crippen molar-refractivity contribution in [2.24, 2.45) is 0 Å². The molecule has 1 aromatic carbocycles. The Hall–Kier alpha value is -1.65. The van der Waals surface area contributed by atoms with Crippen LogP contribution in [0.2, 0.25) is 10.2 Å². The van der Waals surface area contributed by atoms with Crippen molar-refractivity contribution < 1.29 is 13.9 Å². The second-order valence-electron chi connectivity index (χ2n) is 3.66. The minimum atomic E-state index is -0.644. The summed E-state index contributed by atoms with van der Waals surface area (Å²) >= 11 is 11.4. The van der Waals surface area contributed by atoms with E-state index >= 15 is 0 Å². The molecule has 6 heteroatoms. The maximum absolute atomic E-state index is 13.3. The van der Waals surface area contributed by atoms with Crippen LogP contribution in [0.4, 0.5) is 4.39 Å². The van der Waals surface area contributed by atoms with Gasteiger partial charge in [-0.15, -0.1) is 0 Å². The van der Waals surface area contributed by atoms with Crippen molar-refractivity contribution in [1.82, 2.24) is 4.98 Å². The number of ether oxygens (including phenoxy) is 1. The van der Waals surface area contributed by atoms with Gasteiger partial charge in [0.2, 0.25) is 0 Å². The molecule has 2 aromatic rings. The highest BCUT2D eigenvalue weighted by Gasteiger charge is 2.11. The summed E-state index contributed by atoms with van der Waals surface area (Å²) in [5.74, 6) is -1.07. The van der Waals surface area contributed by atoms with E-state index in [1.165, 1.54) is 24.4 Å². The average molecular weight is 300 g/mol. The molecule has 19 heavy (non-hydrogen) atoms. The molecule has 0 saturated carbocycles. The molecule has 0 atom stereocenters. The van der Waals surface area contributed by atoms with E-state index in [1.54, 1.807) is 12.1 Å². The number of carbonyl (C=O) groups excluding carboxylic acids is 1. The lowest BCUT2D eigenvalue weighted by Gasteiger charge is -2.06. The number of hydrogen-bond donors (Lipinski definition) is 0. The third-order valence-corrected chi connectivity index (χ3v) is 3.03. The molecular formula is C13H8Cl2FNO2. The molecule has 2 rings (SSSR count). The number of aromatic nitrogens is 1. The van der Waals surface area contributed by atoms with Crippen molar-refractivity contribution in [2.45, 2.75) is 6.61 Å². The molecule has 0 unspecified atom stereocenters. The summed E-state index contributed by atoms with van der Waals surface area (Å²) in [4.78, 5) is 15.4. The van der Waals surface area contributed by atoms with Crippen molar-refractivity contribution in [3.05, 3.63) is 63.6 Å². The lowest BCUT2D eigenvalue weighted by molar-refractivity contribution is 0.0468. The molecule has 0 bridgehead atoms. The highest BCUT2D eigenvalue weighted by Crippen LogP contribution is 2.20. The normalized spacial score (nSPS) is 10.3. The Morgan fingerprint density at radius 1 is 1.32 bits per heavy atom. The van der Waals surface area contributed by atoms with Crippen LogP contribution in [-0.2, 0) is 11.3 Å². The first kappa shape index (κ1) is 13.8. The van der Waals surface area contributed by atoms with E-state index in [0.29, 0.717) is 5.56 Å². The van der Waals surface area contributed by atoms with E-state index in [-0.39, 0.29) is 22.3 Å². The van der Waals surface area contributed by atoms with E-state index in [0.717, 1.165) is 0 Å². The van der Waals surface area contributed by atoms with Crippen LogP contribution in [-0.4, -0.2) is 11.0 Å². The van der Waals surface area contributed by atoms with Gasteiger partial charge in [-0.05, 0) is 12.1 Å². The van der Waals surface area contributed by atoms with Gasteiger partial charge < -0.3 is 4.74 Å². The zero-order valence-electron chi connectivity index (χ0n) is 9.57. The molecule has 0 saturated heterocycles. The van der Waals surface area contributed by atoms with E-state index in [2.05, 4.69) is 4.98 Å². The Kier molecular flexibility index (Phi) is 4.35. The molecule has 1 aromatic heterocycles. The Morgan fingerprint density at radius 3 is 2.74 bits per heavy atom. The highest BCUT2D eigenvalue weighted by atomic mass is 35.5. The summed E-state index contributed by atoms with van der Waals surface area (Å²) in [6.07, 6.45) is 1.25. The van der Waals surface area contributed by atoms with Gasteiger partial charge in [-0.25, -0.2) is 14.2 Å². The van der Waals surface area contributed by atoms with Gasteiger partial charge in [0.05, 0.1) is 10.6 Å². The van der Waals surface area contributed by atoms with Crippen LogP contribution >= 0.6 is 23.2 Å². The van der Waals surface area contributed by atoms with Crippen molar-refractivity contribution >= 4 is 29.2 Å². The van der Waals surface area contributed by atoms with Gasteiger partial charge in [0.15, 0.2) is 0 Å². The van der Waals surface area contributed by atoms with Crippen LogP contribution in [0.3, 0.4) is 0 Å². The second-order valence-corrected chi connectivity index (χ2v) is 4.43. The first-order valence-corrected chi connectivity index (χ1v) is 6.05. The Labute approximate surface area is 118 Å². The van der Waals surface area contributed by atoms with Crippen molar-refractivity contribution in [2.75, 3.05) is 0 Å². The van der Waals surface area contributed by atoms with E-state index in [1.807, 2.05) is 0 Å². The van der Waals surface area contributed by atoms with E-state index < -0.39 is 11.8 Å². The monoisotopic (exact) mass is 299 g/mol. The number of carbonyl (C=O) groups is 1. The summed E-state index contributed by atoms with van der Waals surface area (Å²) in [5.41, 5.74) is 0.453. The Morgan fingerprint density at radius 2 is 2.05 bits per heavy atom. The number of esters is 1. The summed E-state index contributed by atoms with van der Waals surface area (Å²) in [7, 11) is 0. The SMILES string of the molecule is O=C(OCc1ccccc1F)c1cnc(Cl)c(Cl)c1. The molecule has 0 radical (unpaired) electrons. The van der Waals surface area contributed by atoms with Crippen LogP contribution in [0.25, 0.3) is 0 Å². The van der Waals surface area contributed by atoms with Crippen molar-refractivity contribution in [3.63, 3.8) is 0 Å². The fourth-order valence-electron chi connectivity index (χ4n) is 1.37. The summed E-state index contributed by atoms with van der Waals surface area (Å²) in [5, 5.41) is 0.259. The fourth-order valence-corrected chi connectivity index (χ4v) is 1.64. The summed E-state index contributed by atoms with van der Waals surface area (Å²) < 4.78 is 18.3. The van der Waals surface area contributed by atoms with Crippen LogP contribution in [0.1, 0.15) is 15.9 Å². The van der Waals surface area contributed by atoms with Crippen molar-refractivity contribution in [3.8, 4) is 0 Å². The van der Waals surface area contributed by atoms with Gasteiger partial charge in [-0.2, -0.15) is 0 Å². The molecule has 1 heterocycles. The zero-order valence-corrected chi connectivity index (χ0v) is 11.1. The van der Waals surface area contributed by atoms with Crippen LogP contribution in [0.5, 0.6) is 0 Å². The molecule has 3 nitrogen and oxygen atoms in total. The van der Waals surface area contributed by atoms with Gasteiger partial charge in [0.25, 0.3) is 0 Å². The molecule has 0 aliphatic heterocycles. The zero-order chi connectivity index (χ0) is 13.8. The Bertz CT molecular complexity index is 619. The fraction of sp³-hybridized carbons (Fsp3) is 0.0769. The lowest BCUT2D eigenvalue weighted by Crippen LogP contribution is -2.06. The quantitative estimate of drug-likeness (QED) is 0.638. The van der Waals surface area contributed by atoms with Gasteiger partial charge >= 0.3 is 5.97 Å². The Balaban J connectivity index is 2.05. The largest absolute Gasteiger partial charge is 0.457 e. The molecule has 0 amide bonds. The molecule has 0 N–H and O–H groups in total. The van der Waals surface area contributed by atoms with Gasteiger partial charge in [0.1, 0.15) is 17.6 Å². The average Bonchev–Trinajstić information content (AvgIpc) is 2.40. The molecule has 0 aliphatic rings. The van der Waals surface area contributed by atoms with E-state index in [9.17, 15) is 9.18 Å². The number of halogens is 3. The maximum Gasteiger partial charge on any atom is 0.340 e. The summed E-state index contributed by atoms with van der Waals surface area (Å²) in [6.45, 7) is -0.161. The second kappa shape index (κ2) is 5.99. The molecule has 0 fully saturated rings. The van der Waals surface area contributed by atoms with Gasteiger partial charge in [-0.3, -0.25) is 0 Å². The minimum Gasteiger partial charge on any atom is -0.457 e. The molecule has 98 valence electrons. The lowest BCUT2D eigenvalue weighted by atomic mass is 10.2. The van der Waals surface area contributed by atoms with Crippen LogP contribution in [0, 0.1) is 5.82 Å². The van der Waals surface area contributed by atoms with Crippen LogP contribution < -0.4 is 0 Å².